The molecule has 1 aliphatic heterocycles. The maximum atomic E-state index is 13.0. The van der Waals surface area contributed by atoms with Crippen LogP contribution >= 0.6 is 0 Å². The molecule has 0 spiro atoms. The Kier molecular flexibility index (Phi) is 4.51. The molecule has 0 N–H and O–H groups in total. The van der Waals surface area contributed by atoms with Crippen LogP contribution < -0.4 is 4.90 Å². The van der Waals surface area contributed by atoms with E-state index in [1.165, 1.54) is 18.2 Å². The van der Waals surface area contributed by atoms with Gasteiger partial charge in [-0.25, -0.2) is 8.42 Å². The van der Waals surface area contributed by atoms with Gasteiger partial charge in [0, 0.05) is 25.4 Å². The molecule has 0 amide bonds. The standard InChI is InChI=1S/C16H18F3N3O3S/c1-15(12-9-20-21(2)10-12)11-22(7-8-25-15)13-5-3-4-6-14(13)26(23,24)16(17,18)19/h3-6,9-10H,7-8,11H2,1-2H3. The lowest BCUT2D eigenvalue weighted by Crippen LogP contribution is -2.48. The third-order valence-corrected chi connectivity index (χ3v) is 5.92. The van der Waals surface area contributed by atoms with Crippen molar-refractivity contribution in [3.63, 3.8) is 0 Å². The average Bonchev–Trinajstić information content (AvgIpc) is 3.01. The first-order valence-corrected chi connectivity index (χ1v) is 9.31. The molecule has 2 heterocycles. The number of halogens is 3. The molecule has 3 rings (SSSR count). The van der Waals surface area contributed by atoms with Crippen molar-refractivity contribution < 1.29 is 26.3 Å². The summed E-state index contributed by atoms with van der Waals surface area (Å²) in [4.78, 5) is 0.859. The zero-order valence-electron chi connectivity index (χ0n) is 14.2. The topological polar surface area (TPSA) is 64.4 Å². The molecule has 1 saturated heterocycles. The van der Waals surface area contributed by atoms with Crippen LogP contribution in [0.25, 0.3) is 0 Å². The van der Waals surface area contributed by atoms with Gasteiger partial charge >= 0.3 is 5.51 Å². The van der Waals surface area contributed by atoms with Gasteiger partial charge in [0.2, 0.25) is 0 Å². The summed E-state index contributed by atoms with van der Waals surface area (Å²) in [5, 5.41) is 4.10. The Morgan fingerprint density at radius 2 is 1.96 bits per heavy atom. The molecule has 6 nitrogen and oxygen atoms in total. The summed E-state index contributed by atoms with van der Waals surface area (Å²) >= 11 is 0. The number of aromatic nitrogens is 2. The van der Waals surface area contributed by atoms with Crippen LogP contribution in [0.4, 0.5) is 18.9 Å². The zero-order chi connectivity index (χ0) is 19.2. The van der Waals surface area contributed by atoms with Crippen LogP contribution in [0, 0.1) is 0 Å². The quantitative estimate of drug-likeness (QED) is 0.807. The van der Waals surface area contributed by atoms with E-state index in [1.54, 1.807) is 35.9 Å². The molecule has 10 heteroatoms. The van der Waals surface area contributed by atoms with Gasteiger partial charge in [0.1, 0.15) is 5.60 Å². The largest absolute Gasteiger partial charge is 0.501 e. The fraction of sp³-hybridized carbons (Fsp3) is 0.438. The van der Waals surface area contributed by atoms with Gasteiger partial charge < -0.3 is 9.64 Å². The average molecular weight is 389 g/mol. The molecule has 1 fully saturated rings. The van der Waals surface area contributed by atoms with Gasteiger partial charge in [-0.3, -0.25) is 4.68 Å². The molecular weight excluding hydrogens is 371 g/mol. The Morgan fingerprint density at radius 1 is 1.27 bits per heavy atom. The van der Waals surface area contributed by atoms with Crippen molar-refractivity contribution >= 4 is 15.5 Å². The first-order chi connectivity index (χ1) is 12.0. The summed E-state index contributed by atoms with van der Waals surface area (Å²) in [7, 11) is -3.70. The molecule has 0 aliphatic carbocycles. The van der Waals surface area contributed by atoms with Crippen LogP contribution in [0.2, 0.25) is 0 Å². The van der Waals surface area contributed by atoms with Gasteiger partial charge in [0.05, 0.1) is 29.9 Å². The Hall–Kier alpha value is -2.07. The van der Waals surface area contributed by atoms with E-state index >= 15 is 0 Å². The predicted molar refractivity (Wildman–Crippen MR) is 88.4 cm³/mol. The second kappa shape index (κ2) is 6.27. The number of benzene rings is 1. The molecule has 1 atom stereocenters. The summed E-state index contributed by atoms with van der Waals surface area (Å²) in [6.07, 6.45) is 3.39. The van der Waals surface area contributed by atoms with E-state index in [-0.39, 0.29) is 25.4 Å². The van der Waals surface area contributed by atoms with Crippen molar-refractivity contribution in [1.82, 2.24) is 9.78 Å². The van der Waals surface area contributed by atoms with E-state index in [0.29, 0.717) is 0 Å². The highest BCUT2D eigenvalue weighted by Gasteiger charge is 2.48. The smallest absolute Gasteiger partial charge is 0.367 e. The molecule has 0 radical (unpaired) electrons. The number of hydrogen-bond acceptors (Lipinski definition) is 5. The van der Waals surface area contributed by atoms with Crippen molar-refractivity contribution in [2.24, 2.45) is 7.05 Å². The third-order valence-electron chi connectivity index (χ3n) is 4.39. The first kappa shape index (κ1) is 18.7. The summed E-state index contributed by atoms with van der Waals surface area (Å²) < 4.78 is 70.5. The number of sulfone groups is 1. The summed E-state index contributed by atoms with van der Waals surface area (Å²) in [6.45, 7) is 2.52. The van der Waals surface area contributed by atoms with Crippen molar-refractivity contribution in [3.05, 3.63) is 42.2 Å². The predicted octanol–water partition coefficient (Wildman–Crippen LogP) is 2.47. The van der Waals surface area contributed by atoms with Gasteiger partial charge in [0.15, 0.2) is 0 Å². The summed E-state index contributed by atoms with van der Waals surface area (Å²) in [5.41, 5.74) is -5.40. The number of aryl methyl sites for hydroxylation is 1. The second-order valence-corrected chi connectivity index (χ2v) is 8.23. The van der Waals surface area contributed by atoms with Gasteiger partial charge in [-0.15, -0.1) is 0 Å². The van der Waals surface area contributed by atoms with Crippen LogP contribution in [0.1, 0.15) is 12.5 Å². The number of rotatable bonds is 3. The van der Waals surface area contributed by atoms with Gasteiger partial charge in [0.25, 0.3) is 9.84 Å². The Bertz CT molecular complexity index is 911. The van der Waals surface area contributed by atoms with Gasteiger partial charge in [-0.2, -0.15) is 18.3 Å². The second-order valence-electron chi connectivity index (χ2n) is 6.32. The molecule has 142 valence electrons. The summed E-state index contributed by atoms with van der Waals surface area (Å²) in [6, 6.07) is 5.16. The SMILES string of the molecule is Cn1cc(C2(C)CN(c3ccccc3S(=O)(=O)C(F)(F)F)CCO2)cn1. The molecule has 2 aromatic rings. The molecular formula is C16H18F3N3O3S. The molecule has 1 aliphatic rings. The number of para-hydroxylation sites is 1. The number of ether oxygens (including phenoxy) is 1. The lowest BCUT2D eigenvalue weighted by atomic mass is 9.96. The summed E-state index contributed by atoms with van der Waals surface area (Å²) in [5.74, 6) is 0. The fourth-order valence-electron chi connectivity index (χ4n) is 3.01. The highest BCUT2D eigenvalue weighted by atomic mass is 32.2. The molecule has 26 heavy (non-hydrogen) atoms. The Morgan fingerprint density at radius 3 is 2.58 bits per heavy atom. The van der Waals surface area contributed by atoms with Crippen molar-refractivity contribution in [2.75, 3.05) is 24.6 Å². The normalized spacial score (nSPS) is 21.8. The molecule has 1 aromatic carbocycles. The third kappa shape index (κ3) is 3.18. The lowest BCUT2D eigenvalue weighted by Gasteiger charge is -2.41. The number of morpholine rings is 1. The maximum absolute atomic E-state index is 13.0. The number of anilines is 1. The lowest BCUT2D eigenvalue weighted by molar-refractivity contribution is -0.0470. The molecule has 1 aromatic heterocycles. The van der Waals surface area contributed by atoms with Crippen LogP contribution in [-0.2, 0) is 27.2 Å². The van der Waals surface area contributed by atoms with Crippen LogP contribution in [0.3, 0.4) is 0 Å². The minimum absolute atomic E-state index is 0.0169. The molecule has 0 bridgehead atoms. The van der Waals surface area contributed by atoms with Gasteiger partial charge in [-0.1, -0.05) is 12.1 Å². The van der Waals surface area contributed by atoms with E-state index in [0.717, 1.165) is 11.6 Å². The van der Waals surface area contributed by atoms with Crippen LogP contribution in [-0.4, -0.2) is 43.4 Å². The van der Waals surface area contributed by atoms with E-state index in [9.17, 15) is 21.6 Å². The van der Waals surface area contributed by atoms with E-state index in [1.807, 2.05) is 0 Å². The van der Waals surface area contributed by atoms with Crippen LogP contribution in [0.15, 0.2) is 41.6 Å². The van der Waals surface area contributed by atoms with E-state index < -0.39 is 25.8 Å². The Balaban J connectivity index is 2.00. The van der Waals surface area contributed by atoms with Crippen LogP contribution in [0.5, 0.6) is 0 Å². The van der Waals surface area contributed by atoms with Crippen molar-refractivity contribution in [2.45, 2.75) is 22.9 Å². The monoisotopic (exact) mass is 389 g/mol. The molecule has 0 saturated carbocycles. The first-order valence-electron chi connectivity index (χ1n) is 7.83. The van der Waals surface area contributed by atoms with E-state index in [2.05, 4.69) is 5.10 Å². The highest BCUT2D eigenvalue weighted by molar-refractivity contribution is 7.92. The van der Waals surface area contributed by atoms with E-state index in [4.69, 9.17) is 4.74 Å². The highest BCUT2D eigenvalue weighted by Crippen LogP contribution is 2.38. The maximum Gasteiger partial charge on any atom is 0.501 e. The fourth-order valence-corrected chi connectivity index (χ4v) is 3.99. The molecule has 1 unspecified atom stereocenters. The minimum Gasteiger partial charge on any atom is -0.367 e. The Labute approximate surface area is 149 Å². The zero-order valence-corrected chi connectivity index (χ0v) is 15.0. The number of nitrogens with zero attached hydrogens (tertiary/aromatic N) is 3. The van der Waals surface area contributed by atoms with Crippen molar-refractivity contribution in [3.8, 4) is 0 Å². The number of alkyl halides is 3. The number of hydrogen-bond donors (Lipinski definition) is 0. The van der Waals surface area contributed by atoms with Gasteiger partial charge in [-0.05, 0) is 19.1 Å². The van der Waals surface area contributed by atoms with Crippen molar-refractivity contribution in [1.29, 1.82) is 0 Å². The minimum atomic E-state index is -5.45.